The summed E-state index contributed by atoms with van der Waals surface area (Å²) >= 11 is 0. The molecule has 1 aliphatic rings. The molecule has 0 saturated heterocycles. The van der Waals surface area contributed by atoms with E-state index >= 15 is 0 Å². The Kier molecular flexibility index (Phi) is 6.08. The second-order valence-corrected chi connectivity index (χ2v) is 6.94. The monoisotopic (exact) mass is 356 g/mol. The highest BCUT2D eigenvalue weighted by atomic mass is 19.2. The molecule has 0 aromatic heterocycles. The van der Waals surface area contributed by atoms with Gasteiger partial charge < -0.3 is 4.74 Å². The molecule has 26 heavy (non-hydrogen) atoms. The number of hydrogen-bond donors (Lipinski definition) is 0. The van der Waals surface area contributed by atoms with Crippen molar-refractivity contribution in [3.8, 4) is 16.9 Å². The molecule has 1 nitrogen and oxygen atoms in total. The zero-order valence-corrected chi connectivity index (χ0v) is 15.5. The molecule has 2 aromatic carbocycles. The summed E-state index contributed by atoms with van der Waals surface area (Å²) in [4.78, 5) is 0. The predicted octanol–water partition coefficient (Wildman–Crippen LogP) is 7.01. The van der Waals surface area contributed by atoms with Gasteiger partial charge in [-0.2, -0.15) is 4.39 Å². The molecule has 0 amide bonds. The Morgan fingerprint density at radius 3 is 2.31 bits per heavy atom. The number of rotatable bonds is 6. The SMILES string of the molecule is CCCOc1ccc(-c2ccc(C3=CCC(CC)CC3)cc2)c(F)c1F. The first kappa shape index (κ1) is 18.6. The Balaban J connectivity index is 1.81. The van der Waals surface area contributed by atoms with E-state index in [0.717, 1.165) is 25.2 Å². The Bertz CT molecular complexity index is 778. The number of ether oxygens (including phenoxy) is 1. The lowest BCUT2D eigenvalue weighted by atomic mass is 9.85. The van der Waals surface area contributed by atoms with Crippen LogP contribution in [0, 0.1) is 17.6 Å². The van der Waals surface area contributed by atoms with Gasteiger partial charge in [0.2, 0.25) is 5.82 Å². The van der Waals surface area contributed by atoms with Crippen molar-refractivity contribution >= 4 is 5.57 Å². The number of hydrogen-bond acceptors (Lipinski definition) is 1. The maximum Gasteiger partial charge on any atom is 0.201 e. The topological polar surface area (TPSA) is 9.23 Å². The summed E-state index contributed by atoms with van der Waals surface area (Å²) in [6.45, 7) is 4.54. The van der Waals surface area contributed by atoms with E-state index in [1.807, 2.05) is 31.2 Å². The second kappa shape index (κ2) is 8.48. The first-order valence-electron chi connectivity index (χ1n) is 9.54. The molecule has 138 valence electrons. The van der Waals surface area contributed by atoms with Crippen LogP contribution in [0.1, 0.15) is 51.5 Å². The van der Waals surface area contributed by atoms with Crippen LogP contribution in [0.3, 0.4) is 0 Å². The fourth-order valence-corrected chi connectivity index (χ4v) is 3.46. The molecular weight excluding hydrogens is 330 g/mol. The molecule has 0 N–H and O–H groups in total. The van der Waals surface area contributed by atoms with E-state index in [0.29, 0.717) is 12.2 Å². The normalized spacial score (nSPS) is 17.1. The van der Waals surface area contributed by atoms with Crippen LogP contribution in [0.4, 0.5) is 8.78 Å². The first-order chi connectivity index (χ1) is 12.6. The molecule has 1 aliphatic carbocycles. The van der Waals surface area contributed by atoms with Crippen molar-refractivity contribution in [3.63, 3.8) is 0 Å². The zero-order chi connectivity index (χ0) is 18.5. The van der Waals surface area contributed by atoms with Crippen LogP contribution in [-0.4, -0.2) is 6.61 Å². The standard InChI is InChI=1S/C23H26F2O/c1-3-15-26-21-14-13-20(22(24)23(21)25)19-11-9-18(10-12-19)17-7-5-16(4-2)6-8-17/h7,9-14,16H,3-6,8,15H2,1-2H3. The number of benzene rings is 2. The van der Waals surface area contributed by atoms with E-state index in [4.69, 9.17) is 4.74 Å². The molecule has 2 aromatic rings. The number of allylic oxidation sites excluding steroid dienone is 2. The summed E-state index contributed by atoms with van der Waals surface area (Å²) < 4.78 is 33.9. The van der Waals surface area contributed by atoms with E-state index < -0.39 is 11.6 Å². The lowest BCUT2D eigenvalue weighted by Crippen LogP contribution is -2.04. The van der Waals surface area contributed by atoms with Crippen molar-refractivity contribution < 1.29 is 13.5 Å². The maximum absolute atomic E-state index is 14.4. The van der Waals surface area contributed by atoms with Crippen molar-refractivity contribution in [1.82, 2.24) is 0 Å². The summed E-state index contributed by atoms with van der Waals surface area (Å²) in [7, 11) is 0. The van der Waals surface area contributed by atoms with Crippen molar-refractivity contribution in [2.75, 3.05) is 6.61 Å². The van der Waals surface area contributed by atoms with Crippen molar-refractivity contribution in [2.45, 2.75) is 46.0 Å². The molecule has 1 unspecified atom stereocenters. The van der Waals surface area contributed by atoms with E-state index in [-0.39, 0.29) is 11.3 Å². The molecule has 0 fully saturated rings. The lowest BCUT2D eigenvalue weighted by molar-refractivity contribution is 0.295. The summed E-state index contributed by atoms with van der Waals surface area (Å²) in [5, 5.41) is 0. The van der Waals surface area contributed by atoms with Gasteiger partial charge in [0, 0.05) is 5.56 Å². The van der Waals surface area contributed by atoms with Gasteiger partial charge in [-0.25, -0.2) is 4.39 Å². The molecule has 0 bridgehead atoms. The van der Waals surface area contributed by atoms with Gasteiger partial charge >= 0.3 is 0 Å². The predicted molar refractivity (Wildman–Crippen MR) is 103 cm³/mol. The van der Waals surface area contributed by atoms with Crippen LogP contribution in [0.25, 0.3) is 16.7 Å². The van der Waals surface area contributed by atoms with Crippen molar-refractivity contribution in [3.05, 3.63) is 59.7 Å². The Morgan fingerprint density at radius 2 is 1.69 bits per heavy atom. The van der Waals surface area contributed by atoms with Gasteiger partial charge in [0.1, 0.15) is 0 Å². The molecule has 0 aliphatic heterocycles. The summed E-state index contributed by atoms with van der Waals surface area (Å²) in [6.07, 6.45) is 7.75. The first-order valence-corrected chi connectivity index (χ1v) is 9.54. The highest BCUT2D eigenvalue weighted by molar-refractivity contribution is 5.71. The largest absolute Gasteiger partial charge is 0.490 e. The van der Waals surface area contributed by atoms with Crippen LogP contribution >= 0.6 is 0 Å². The highest BCUT2D eigenvalue weighted by Crippen LogP contribution is 2.34. The van der Waals surface area contributed by atoms with Gasteiger partial charge in [-0.15, -0.1) is 0 Å². The van der Waals surface area contributed by atoms with Crippen LogP contribution in [0.2, 0.25) is 0 Å². The third kappa shape index (κ3) is 3.98. The smallest absolute Gasteiger partial charge is 0.201 e. The second-order valence-electron chi connectivity index (χ2n) is 6.94. The molecule has 0 heterocycles. The van der Waals surface area contributed by atoms with Gasteiger partial charge in [0.25, 0.3) is 0 Å². The molecule has 0 spiro atoms. The third-order valence-corrected chi connectivity index (χ3v) is 5.17. The fraction of sp³-hybridized carbons (Fsp3) is 0.391. The van der Waals surface area contributed by atoms with Gasteiger partial charge in [0.15, 0.2) is 11.6 Å². The Morgan fingerprint density at radius 1 is 0.962 bits per heavy atom. The van der Waals surface area contributed by atoms with E-state index in [2.05, 4.69) is 13.0 Å². The average molecular weight is 356 g/mol. The molecule has 3 heteroatoms. The Labute approximate surface area is 154 Å². The quantitative estimate of drug-likeness (QED) is 0.540. The van der Waals surface area contributed by atoms with E-state index in [9.17, 15) is 8.78 Å². The molecular formula is C23H26F2O. The maximum atomic E-state index is 14.4. The molecule has 0 saturated carbocycles. The fourth-order valence-electron chi connectivity index (χ4n) is 3.46. The van der Waals surface area contributed by atoms with Crippen molar-refractivity contribution in [2.24, 2.45) is 5.92 Å². The molecule has 0 radical (unpaired) electrons. The van der Waals surface area contributed by atoms with Crippen LogP contribution < -0.4 is 4.74 Å². The summed E-state index contributed by atoms with van der Waals surface area (Å²) in [6, 6.07) is 10.8. The van der Waals surface area contributed by atoms with Crippen LogP contribution in [0.15, 0.2) is 42.5 Å². The lowest BCUT2D eigenvalue weighted by Gasteiger charge is -2.21. The Hall–Kier alpha value is -2.16. The van der Waals surface area contributed by atoms with Gasteiger partial charge in [0.05, 0.1) is 6.61 Å². The molecule has 1 atom stereocenters. The van der Waals surface area contributed by atoms with Gasteiger partial charge in [-0.1, -0.05) is 50.6 Å². The molecule has 3 rings (SSSR count). The van der Waals surface area contributed by atoms with Gasteiger partial charge in [-0.05, 0) is 60.4 Å². The summed E-state index contributed by atoms with van der Waals surface area (Å²) in [5.41, 5.74) is 3.47. The van der Waals surface area contributed by atoms with E-state index in [1.54, 1.807) is 6.07 Å². The van der Waals surface area contributed by atoms with Crippen LogP contribution in [-0.2, 0) is 0 Å². The average Bonchev–Trinajstić information content (AvgIpc) is 2.69. The summed E-state index contributed by atoms with van der Waals surface area (Å²) in [5.74, 6) is -0.999. The van der Waals surface area contributed by atoms with Gasteiger partial charge in [-0.3, -0.25) is 0 Å². The third-order valence-electron chi connectivity index (χ3n) is 5.17. The highest BCUT2D eigenvalue weighted by Gasteiger charge is 2.17. The minimum absolute atomic E-state index is 0.0254. The van der Waals surface area contributed by atoms with Crippen LogP contribution in [0.5, 0.6) is 5.75 Å². The van der Waals surface area contributed by atoms with E-state index in [1.165, 1.54) is 30.0 Å². The van der Waals surface area contributed by atoms with Crippen molar-refractivity contribution in [1.29, 1.82) is 0 Å². The number of halogens is 2. The minimum atomic E-state index is -0.916. The zero-order valence-electron chi connectivity index (χ0n) is 15.5. The minimum Gasteiger partial charge on any atom is -0.490 e.